The molecule has 0 unspecified atom stereocenters. The van der Waals surface area contributed by atoms with Gasteiger partial charge in [-0.05, 0) is 36.9 Å². The van der Waals surface area contributed by atoms with Crippen LogP contribution in [0, 0.1) is 6.92 Å². The molecule has 1 amide bonds. The van der Waals surface area contributed by atoms with E-state index in [2.05, 4.69) is 5.32 Å². The molecule has 0 atom stereocenters. The van der Waals surface area contributed by atoms with Crippen molar-refractivity contribution in [2.45, 2.75) is 18.4 Å². The lowest BCUT2D eigenvalue weighted by Gasteiger charge is -2.11. The summed E-state index contributed by atoms with van der Waals surface area (Å²) in [4.78, 5) is 13.4. The van der Waals surface area contributed by atoms with Crippen molar-refractivity contribution >= 4 is 23.4 Å². The van der Waals surface area contributed by atoms with Crippen molar-refractivity contribution in [2.24, 2.45) is 0 Å². The van der Waals surface area contributed by atoms with Crippen LogP contribution in [0.4, 0.5) is 5.69 Å². The lowest BCUT2D eigenvalue weighted by molar-refractivity contribution is 0.102. The monoisotopic (exact) mass is 287 g/mol. The van der Waals surface area contributed by atoms with Crippen LogP contribution in [0.3, 0.4) is 0 Å². The third kappa shape index (κ3) is 3.21. The molecule has 0 aliphatic rings. The number of amides is 1. The van der Waals surface area contributed by atoms with Crippen molar-refractivity contribution in [3.63, 3.8) is 0 Å². The highest BCUT2D eigenvalue weighted by molar-refractivity contribution is 7.98. The van der Waals surface area contributed by atoms with Gasteiger partial charge in [-0.3, -0.25) is 4.79 Å². The molecule has 0 spiro atoms. The number of hydrogen-bond acceptors (Lipinski definition) is 3. The van der Waals surface area contributed by atoms with Crippen molar-refractivity contribution < 1.29 is 9.90 Å². The van der Waals surface area contributed by atoms with E-state index in [-0.39, 0.29) is 12.5 Å². The Morgan fingerprint density at radius 1 is 1.25 bits per heavy atom. The molecule has 20 heavy (non-hydrogen) atoms. The number of carbonyl (C=O) groups excluding carboxylic acids is 1. The molecule has 2 N–H and O–H groups in total. The largest absolute Gasteiger partial charge is 0.392 e. The second kappa shape index (κ2) is 6.59. The molecule has 0 heterocycles. The molecule has 104 valence electrons. The number of aliphatic hydroxyl groups is 1. The standard InChI is InChI=1S/C16H17NO2S/c1-11-7-8-13(20-2)9-14(11)16(19)17-15-6-4-3-5-12(15)10-18/h3-9,18H,10H2,1-2H3,(H,17,19). The van der Waals surface area contributed by atoms with Gasteiger partial charge in [-0.1, -0.05) is 24.3 Å². The number of hydrogen-bond donors (Lipinski definition) is 2. The molecule has 0 saturated heterocycles. The number of rotatable bonds is 4. The molecular formula is C16H17NO2S. The third-order valence-electron chi connectivity index (χ3n) is 3.13. The van der Waals surface area contributed by atoms with Crippen molar-refractivity contribution in [3.05, 3.63) is 59.2 Å². The number of para-hydroxylation sites is 1. The summed E-state index contributed by atoms with van der Waals surface area (Å²) in [6.07, 6.45) is 1.98. The average molecular weight is 287 g/mol. The topological polar surface area (TPSA) is 49.3 Å². The van der Waals surface area contributed by atoms with Crippen LogP contribution in [0.5, 0.6) is 0 Å². The zero-order chi connectivity index (χ0) is 14.5. The van der Waals surface area contributed by atoms with Gasteiger partial charge in [0.05, 0.1) is 6.61 Å². The van der Waals surface area contributed by atoms with Gasteiger partial charge < -0.3 is 10.4 Å². The molecule has 0 aliphatic heterocycles. The van der Waals surface area contributed by atoms with Gasteiger partial charge in [0.15, 0.2) is 0 Å². The van der Waals surface area contributed by atoms with Crippen LogP contribution in [0.25, 0.3) is 0 Å². The summed E-state index contributed by atoms with van der Waals surface area (Å²) in [6.45, 7) is 1.82. The molecule has 0 aliphatic carbocycles. The molecular weight excluding hydrogens is 270 g/mol. The second-order valence-electron chi connectivity index (χ2n) is 4.45. The zero-order valence-electron chi connectivity index (χ0n) is 11.5. The minimum atomic E-state index is -0.153. The Morgan fingerprint density at radius 3 is 2.70 bits per heavy atom. The van der Waals surface area contributed by atoms with Gasteiger partial charge in [0.2, 0.25) is 0 Å². The summed E-state index contributed by atoms with van der Waals surface area (Å²) in [5.41, 5.74) is 2.94. The first kappa shape index (κ1) is 14.6. The number of anilines is 1. The molecule has 0 radical (unpaired) electrons. The van der Waals surface area contributed by atoms with Gasteiger partial charge in [0.1, 0.15) is 0 Å². The van der Waals surface area contributed by atoms with Gasteiger partial charge in [0.25, 0.3) is 5.91 Å². The van der Waals surface area contributed by atoms with Crippen LogP contribution in [-0.2, 0) is 6.61 Å². The van der Waals surface area contributed by atoms with Gasteiger partial charge >= 0.3 is 0 Å². The summed E-state index contributed by atoms with van der Waals surface area (Å²) in [5.74, 6) is -0.153. The lowest BCUT2D eigenvalue weighted by Crippen LogP contribution is -2.14. The second-order valence-corrected chi connectivity index (χ2v) is 5.33. The van der Waals surface area contributed by atoms with Crippen molar-refractivity contribution in [2.75, 3.05) is 11.6 Å². The van der Waals surface area contributed by atoms with Gasteiger partial charge in [-0.15, -0.1) is 11.8 Å². The maximum absolute atomic E-state index is 12.4. The number of thioether (sulfide) groups is 1. The molecule has 0 saturated carbocycles. The summed E-state index contributed by atoms with van der Waals surface area (Å²) in [6, 6.07) is 13.1. The van der Waals surface area contributed by atoms with Gasteiger partial charge in [0, 0.05) is 21.7 Å². The smallest absolute Gasteiger partial charge is 0.255 e. The van der Waals surface area contributed by atoms with E-state index in [4.69, 9.17) is 0 Å². The lowest BCUT2D eigenvalue weighted by atomic mass is 10.1. The molecule has 0 fully saturated rings. The van der Waals surface area contributed by atoms with E-state index in [0.717, 1.165) is 10.5 Å². The van der Waals surface area contributed by atoms with Crippen LogP contribution in [-0.4, -0.2) is 17.3 Å². The minimum Gasteiger partial charge on any atom is -0.392 e. The third-order valence-corrected chi connectivity index (χ3v) is 3.85. The predicted molar refractivity (Wildman–Crippen MR) is 83.3 cm³/mol. The molecule has 2 aromatic carbocycles. The Bertz CT molecular complexity index is 626. The number of carbonyl (C=O) groups is 1. The molecule has 2 rings (SSSR count). The molecule has 2 aromatic rings. The highest BCUT2D eigenvalue weighted by Crippen LogP contribution is 2.21. The van der Waals surface area contributed by atoms with E-state index >= 15 is 0 Å². The maximum atomic E-state index is 12.4. The van der Waals surface area contributed by atoms with Gasteiger partial charge in [-0.2, -0.15) is 0 Å². The predicted octanol–water partition coefficient (Wildman–Crippen LogP) is 3.46. The fraction of sp³-hybridized carbons (Fsp3) is 0.188. The Morgan fingerprint density at radius 2 is 2.00 bits per heavy atom. The Labute approximate surface area is 123 Å². The van der Waals surface area contributed by atoms with Crippen molar-refractivity contribution in [1.29, 1.82) is 0 Å². The quantitative estimate of drug-likeness (QED) is 0.847. The van der Waals surface area contributed by atoms with E-state index in [1.54, 1.807) is 23.9 Å². The molecule has 4 heteroatoms. The van der Waals surface area contributed by atoms with Crippen LogP contribution in [0.1, 0.15) is 21.5 Å². The van der Waals surface area contributed by atoms with Crippen molar-refractivity contribution in [3.8, 4) is 0 Å². The van der Waals surface area contributed by atoms with E-state index in [1.165, 1.54) is 0 Å². The minimum absolute atomic E-state index is 0.0969. The average Bonchev–Trinajstić information content (AvgIpc) is 2.48. The van der Waals surface area contributed by atoms with Crippen LogP contribution >= 0.6 is 11.8 Å². The van der Waals surface area contributed by atoms with Crippen LogP contribution < -0.4 is 5.32 Å². The van der Waals surface area contributed by atoms with E-state index in [0.29, 0.717) is 16.8 Å². The summed E-state index contributed by atoms with van der Waals surface area (Å²) < 4.78 is 0. The maximum Gasteiger partial charge on any atom is 0.255 e. The summed E-state index contributed by atoms with van der Waals surface area (Å²) >= 11 is 1.60. The van der Waals surface area contributed by atoms with Crippen LogP contribution in [0.2, 0.25) is 0 Å². The highest BCUT2D eigenvalue weighted by Gasteiger charge is 2.11. The normalized spacial score (nSPS) is 10.3. The molecule has 0 bridgehead atoms. The van der Waals surface area contributed by atoms with Gasteiger partial charge in [-0.25, -0.2) is 0 Å². The van der Waals surface area contributed by atoms with E-state index in [1.807, 2.05) is 43.5 Å². The molecule has 0 aromatic heterocycles. The number of benzene rings is 2. The summed E-state index contributed by atoms with van der Waals surface area (Å²) in [7, 11) is 0. The van der Waals surface area contributed by atoms with E-state index < -0.39 is 0 Å². The summed E-state index contributed by atoms with van der Waals surface area (Å²) in [5, 5.41) is 12.1. The first-order chi connectivity index (χ1) is 9.65. The SMILES string of the molecule is CSc1ccc(C)c(C(=O)Nc2ccccc2CO)c1. The van der Waals surface area contributed by atoms with E-state index in [9.17, 15) is 9.90 Å². The fourth-order valence-corrected chi connectivity index (χ4v) is 2.38. The Hall–Kier alpha value is -1.78. The van der Waals surface area contributed by atoms with Crippen molar-refractivity contribution in [1.82, 2.24) is 0 Å². The number of aliphatic hydroxyl groups excluding tert-OH is 1. The Kier molecular flexibility index (Phi) is 4.82. The van der Waals surface area contributed by atoms with Crippen LogP contribution in [0.15, 0.2) is 47.4 Å². The fourth-order valence-electron chi connectivity index (χ4n) is 1.94. The first-order valence-corrected chi connectivity index (χ1v) is 7.53. The zero-order valence-corrected chi connectivity index (χ0v) is 12.3. The number of aryl methyl sites for hydroxylation is 1. The Balaban J connectivity index is 2.28. The highest BCUT2D eigenvalue weighted by atomic mass is 32.2. The number of nitrogens with one attached hydrogen (secondary N) is 1. The molecule has 3 nitrogen and oxygen atoms in total. The first-order valence-electron chi connectivity index (χ1n) is 6.30.